The van der Waals surface area contributed by atoms with Gasteiger partial charge in [0, 0.05) is 0 Å². The zero-order valence-corrected chi connectivity index (χ0v) is 7.06. The second-order valence-electron chi connectivity index (χ2n) is 2.75. The van der Waals surface area contributed by atoms with Crippen LogP contribution in [0.3, 0.4) is 0 Å². The number of hydrogen-bond acceptors (Lipinski definition) is 2. The van der Waals surface area contributed by atoms with Crippen LogP contribution in [0.1, 0.15) is 20.3 Å². The summed E-state index contributed by atoms with van der Waals surface area (Å²) in [4.78, 5) is 10.8. The minimum absolute atomic E-state index is 0.109. The highest BCUT2D eigenvalue weighted by atomic mass is 79.9. The van der Waals surface area contributed by atoms with Crippen LogP contribution in [-0.2, 0) is 9.53 Å². The minimum Gasteiger partial charge on any atom is -0.458 e. The molecule has 2 nitrogen and oxygen atoms in total. The van der Waals surface area contributed by atoms with Crippen LogP contribution in [0.15, 0.2) is 0 Å². The van der Waals surface area contributed by atoms with Gasteiger partial charge >= 0.3 is 5.97 Å². The van der Waals surface area contributed by atoms with E-state index in [-0.39, 0.29) is 16.4 Å². The molecule has 1 atom stereocenters. The maximum atomic E-state index is 10.6. The normalized spacial score (nSPS) is 32.3. The summed E-state index contributed by atoms with van der Waals surface area (Å²) in [6.07, 6.45) is 0.493. The highest BCUT2D eigenvalue weighted by Gasteiger charge is 2.39. The van der Waals surface area contributed by atoms with Crippen molar-refractivity contribution in [3.05, 3.63) is 0 Å². The minimum atomic E-state index is -0.308. The Morgan fingerprint density at radius 3 is 2.44 bits per heavy atom. The molecule has 0 aromatic heterocycles. The molecule has 0 aliphatic carbocycles. The Bertz CT molecular complexity index is 142. The third-order valence-corrected chi connectivity index (χ3v) is 2.90. The largest absolute Gasteiger partial charge is 0.458 e. The molecular formula is C6H9BrO2. The summed E-state index contributed by atoms with van der Waals surface area (Å²) in [5.74, 6) is -0.109. The highest BCUT2D eigenvalue weighted by Crippen LogP contribution is 2.31. The Labute approximate surface area is 62.7 Å². The molecule has 0 aromatic rings. The van der Waals surface area contributed by atoms with Gasteiger partial charge in [-0.3, -0.25) is 4.79 Å². The SMILES string of the molecule is CC1(C)OC(=O)CC1Br. The lowest BCUT2D eigenvalue weighted by Crippen LogP contribution is -2.27. The van der Waals surface area contributed by atoms with Crippen molar-refractivity contribution in [3.8, 4) is 0 Å². The molecule has 1 saturated heterocycles. The molecule has 9 heavy (non-hydrogen) atoms. The van der Waals surface area contributed by atoms with Gasteiger partial charge in [-0.05, 0) is 13.8 Å². The number of halogens is 1. The molecule has 0 bridgehead atoms. The number of carbonyl (C=O) groups is 1. The van der Waals surface area contributed by atoms with Crippen LogP contribution in [-0.4, -0.2) is 16.4 Å². The first-order valence-corrected chi connectivity index (χ1v) is 3.80. The van der Waals surface area contributed by atoms with Crippen molar-refractivity contribution in [2.45, 2.75) is 30.7 Å². The number of alkyl halides is 1. The number of hydrogen-bond donors (Lipinski definition) is 0. The molecule has 0 radical (unpaired) electrons. The third-order valence-electron chi connectivity index (χ3n) is 1.48. The number of carbonyl (C=O) groups excluding carboxylic acids is 1. The van der Waals surface area contributed by atoms with Crippen molar-refractivity contribution in [1.82, 2.24) is 0 Å². The summed E-state index contributed by atoms with van der Waals surface area (Å²) in [7, 11) is 0. The van der Waals surface area contributed by atoms with Gasteiger partial charge < -0.3 is 4.74 Å². The van der Waals surface area contributed by atoms with E-state index in [0.717, 1.165) is 0 Å². The van der Waals surface area contributed by atoms with Gasteiger partial charge in [-0.25, -0.2) is 0 Å². The van der Waals surface area contributed by atoms with E-state index in [1.807, 2.05) is 13.8 Å². The molecule has 0 aromatic carbocycles. The Morgan fingerprint density at radius 1 is 1.78 bits per heavy atom. The Kier molecular flexibility index (Phi) is 1.55. The molecule has 1 rings (SSSR count). The number of esters is 1. The van der Waals surface area contributed by atoms with Gasteiger partial charge in [0.05, 0.1) is 11.2 Å². The topological polar surface area (TPSA) is 26.3 Å². The second-order valence-corrected chi connectivity index (χ2v) is 3.85. The fraction of sp³-hybridized carbons (Fsp3) is 0.833. The molecular weight excluding hydrogens is 184 g/mol. The van der Waals surface area contributed by atoms with Gasteiger partial charge in [-0.1, -0.05) is 15.9 Å². The van der Waals surface area contributed by atoms with E-state index in [1.54, 1.807) is 0 Å². The second kappa shape index (κ2) is 1.97. The number of ether oxygens (including phenoxy) is 1. The van der Waals surface area contributed by atoms with E-state index in [1.165, 1.54) is 0 Å². The average molecular weight is 193 g/mol. The van der Waals surface area contributed by atoms with Crippen LogP contribution in [0, 0.1) is 0 Å². The summed E-state index contributed by atoms with van der Waals surface area (Å²) in [5.41, 5.74) is -0.308. The van der Waals surface area contributed by atoms with Crippen molar-refractivity contribution in [2.24, 2.45) is 0 Å². The predicted molar refractivity (Wildman–Crippen MR) is 37.5 cm³/mol. The lowest BCUT2D eigenvalue weighted by Gasteiger charge is -2.19. The number of cyclic esters (lactones) is 1. The average Bonchev–Trinajstić information content (AvgIpc) is 1.79. The van der Waals surface area contributed by atoms with Crippen LogP contribution in [0.2, 0.25) is 0 Å². The van der Waals surface area contributed by atoms with Crippen LogP contribution < -0.4 is 0 Å². The quantitative estimate of drug-likeness (QED) is 0.430. The van der Waals surface area contributed by atoms with E-state index in [4.69, 9.17) is 4.74 Å². The van der Waals surface area contributed by atoms with Crippen LogP contribution in [0.25, 0.3) is 0 Å². The standard InChI is InChI=1S/C6H9BrO2/c1-6(2)4(7)3-5(8)9-6/h4H,3H2,1-2H3. The predicted octanol–water partition coefficient (Wildman–Crippen LogP) is 1.48. The lowest BCUT2D eigenvalue weighted by molar-refractivity contribution is -0.145. The molecule has 1 fully saturated rings. The van der Waals surface area contributed by atoms with Crippen molar-refractivity contribution in [1.29, 1.82) is 0 Å². The van der Waals surface area contributed by atoms with Crippen LogP contribution >= 0.6 is 15.9 Å². The molecule has 0 N–H and O–H groups in total. The maximum absolute atomic E-state index is 10.6. The van der Waals surface area contributed by atoms with Crippen molar-refractivity contribution in [2.75, 3.05) is 0 Å². The molecule has 3 heteroatoms. The molecule has 1 unspecified atom stereocenters. The van der Waals surface area contributed by atoms with Crippen LogP contribution in [0.5, 0.6) is 0 Å². The summed E-state index contributed by atoms with van der Waals surface area (Å²) < 4.78 is 4.98. The zero-order chi connectivity index (χ0) is 7.07. The highest BCUT2D eigenvalue weighted by molar-refractivity contribution is 9.09. The van der Waals surface area contributed by atoms with Crippen molar-refractivity contribution < 1.29 is 9.53 Å². The lowest BCUT2D eigenvalue weighted by atomic mass is 10.1. The maximum Gasteiger partial charge on any atom is 0.307 e. The first kappa shape index (κ1) is 7.06. The monoisotopic (exact) mass is 192 g/mol. The van der Waals surface area contributed by atoms with Gasteiger partial charge in [-0.15, -0.1) is 0 Å². The smallest absolute Gasteiger partial charge is 0.307 e. The van der Waals surface area contributed by atoms with Crippen molar-refractivity contribution >= 4 is 21.9 Å². The van der Waals surface area contributed by atoms with Crippen molar-refractivity contribution in [3.63, 3.8) is 0 Å². The van der Waals surface area contributed by atoms with Gasteiger partial charge in [0.25, 0.3) is 0 Å². The van der Waals surface area contributed by atoms with Gasteiger partial charge in [-0.2, -0.15) is 0 Å². The molecule has 0 spiro atoms. The van der Waals surface area contributed by atoms with E-state index in [2.05, 4.69) is 15.9 Å². The summed E-state index contributed by atoms with van der Waals surface area (Å²) in [6, 6.07) is 0. The number of rotatable bonds is 0. The Hall–Kier alpha value is -0.0500. The van der Waals surface area contributed by atoms with E-state index in [9.17, 15) is 4.79 Å². The Morgan fingerprint density at radius 2 is 2.33 bits per heavy atom. The molecule has 1 aliphatic rings. The van der Waals surface area contributed by atoms with Gasteiger partial charge in [0.15, 0.2) is 0 Å². The van der Waals surface area contributed by atoms with E-state index >= 15 is 0 Å². The summed E-state index contributed by atoms with van der Waals surface area (Å²) >= 11 is 3.35. The van der Waals surface area contributed by atoms with E-state index in [0.29, 0.717) is 6.42 Å². The molecule has 1 heterocycles. The van der Waals surface area contributed by atoms with E-state index < -0.39 is 0 Å². The zero-order valence-electron chi connectivity index (χ0n) is 5.48. The first-order valence-electron chi connectivity index (χ1n) is 2.88. The molecule has 1 aliphatic heterocycles. The third kappa shape index (κ3) is 1.26. The summed E-state index contributed by atoms with van der Waals surface area (Å²) in [5, 5.41) is 0. The molecule has 0 amide bonds. The van der Waals surface area contributed by atoms with Crippen LogP contribution in [0.4, 0.5) is 0 Å². The molecule has 0 saturated carbocycles. The Balaban J connectivity index is 2.69. The fourth-order valence-corrected chi connectivity index (χ4v) is 1.15. The van der Waals surface area contributed by atoms with Gasteiger partial charge in [0.1, 0.15) is 5.60 Å². The first-order chi connectivity index (χ1) is 4.02. The molecule has 52 valence electrons. The summed E-state index contributed by atoms with van der Waals surface area (Å²) in [6.45, 7) is 3.80. The van der Waals surface area contributed by atoms with Gasteiger partial charge in [0.2, 0.25) is 0 Å². The fourth-order valence-electron chi connectivity index (χ4n) is 0.791.